The Morgan fingerprint density at radius 3 is 2.56 bits per heavy atom. The van der Waals surface area contributed by atoms with Gasteiger partial charge in [-0.3, -0.25) is 4.79 Å². The molecule has 0 saturated carbocycles. The lowest BCUT2D eigenvalue weighted by Crippen LogP contribution is -2.21. The van der Waals surface area contributed by atoms with E-state index in [4.69, 9.17) is 0 Å². The molecule has 1 aromatic carbocycles. The number of nitrogens with zero attached hydrogens (tertiary/aromatic N) is 1. The zero-order valence-electron chi connectivity index (χ0n) is 10.2. The van der Waals surface area contributed by atoms with Crippen LogP contribution in [0.4, 0.5) is 5.69 Å². The van der Waals surface area contributed by atoms with Crippen LogP contribution in [0.25, 0.3) is 0 Å². The van der Waals surface area contributed by atoms with Gasteiger partial charge >= 0.3 is 0 Å². The van der Waals surface area contributed by atoms with Crippen LogP contribution >= 0.6 is 0 Å². The summed E-state index contributed by atoms with van der Waals surface area (Å²) < 4.78 is 0. The van der Waals surface area contributed by atoms with Gasteiger partial charge < -0.3 is 5.32 Å². The molecular weight excluding hydrogens is 224 g/mol. The molecule has 3 heteroatoms. The molecule has 1 unspecified atom stereocenters. The molecule has 0 spiro atoms. The van der Waals surface area contributed by atoms with Crippen molar-refractivity contribution >= 4 is 11.6 Å². The standard InChI is InChI=1S/C15H14N2O/c1-12(18)17-14-7-5-13(6-8-14)15(11-16)9-3-2-4-10-15/h2-9H,10H2,1H3,(H,17,18). The van der Waals surface area contributed by atoms with Crippen molar-refractivity contribution in [3.05, 3.63) is 54.1 Å². The Morgan fingerprint density at radius 1 is 1.33 bits per heavy atom. The second kappa shape index (κ2) is 4.89. The van der Waals surface area contributed by atoms with Crippen molar-refractivity contribution in [2.45, 2.75) is 18.8 Å². The van der Waals surface area contributed by atoms with Crippen LogP contribution in [-0.4, -0.2) is 5.91 Å². The lowest BCUT2D eigenvalue weighted by Gasteiger charge is -2.24. The number of carbonyl (C=O) groups is 1. The first kappa shape index (κ1) is 12.1. The van der Waals surface area contributed by atoms with Gasteiger partial charge in [-0.2, -0.15) is 5.26 Å². The van der Waals surface area contributed by atoms with E-state index >= 15 is 0 Å². The summed E-state index contributed by atoms with van der Waals surface area (Å²) in [5.41, 5.74) is 1.11. The summed E-state index contributed by atoms with van der Waals surface area (Å²) >= 11 is 0. The van der Waals surface area contributed by atoms with Gasteiger partial charge in [0.15, 0.2) is 0 Å². The minimum absolute atomic E-state index is 0.0988. The number of nitriles is 1. The minimum Gasteiger partial charge on any atom is -0.326 e. The highest BCUT2D eigenvalue weighted by atomic mass is 16.1. The van der Waals surface area contributed by atoms with Crippen LogP contribution in [0.1, 0.15) is 18.9 Å². The molecule has 90 valence electrons. The molecule has 1 N–H and O–H groups in total. The van der Waals surface area contributed by atoms with E-state index in [1.807, 2.05) is 48.6 Å². The van der Waals surface area contributed by atoms with Gasteiger partial charge in [-0.25, -0.2) is 0 Å². The predicted molar refractivity (Wildman–Crippen MR) is 70.9 cm³/mol. The minimum atomic E-state index is -0.580. The Bertz CT molecular complexity index is 549. The Labute approximate surface area is 106 Å². The number of nitrogens with one attached hydrogen (secondary N) is 1. The van der Waals surface area contributed by atoms with E-state index in [-0.39, 0.29) is 5.91 Å². The normalized spacial score (nSPS) is 21.3. The Morgan fingerprint density at radius 2 is 2.06 bits per heavy atom. The highest BCUT2D eigenvalue weighted by molar-refractivity contribution is 5.88. The monoisotopic (exact) mass is 238 g/mol. The van der Waals surface area contributed by atoms with Crippen LogP contribution in [-0.2, 0) is 10.2 Å². The third-order valence-electron chi connectivity index (χ3n) is 2.99. The molecule has 1 amide bonds. The molecule has 3 nitrogen and oxygen atoms in total. The van der Waals surface area contributed by atoms with E-state index in [1.165, 1.54) is 6.92 Å². The van der Waals surface area contributed by atoms with E-state index in [0.717, 1.165) is 11.3 Å². The van der Waals surface area contributed by atoms with Gasteiger partial charge in [-0.1, -0.05) is 36.4 Å². The summed E-state index contributed by atoms with van der Waals surface area (Å²) in [7, 11) is 0. The summed E-state index contributed by atoms with van der Waals surface area (Å²) in [6.07, 6.45) is 8.43. The zero-order chi connectivity index (χ0) is 13.0. The number of allylic oxidation sites excluding steroid dienone is 4. The van der Waals surface area contributed by atoms with E-state index in [9.17, 15) is 10.1 Å². The summed E-state index contributed by atoms with van der Waals surface area (Å²) in [6.45, 7) is 1.47. The molecule has 1 aliphatic carbocycles. The lowest BCUT2D eigenvalue weighted by atomic mass is 9.77. The van der Waals surface area contributed by atoms with Crippen molar-refractivity contribution in [2.24, 2.45) is 0 Å². The van der Waals surface area contributed by atoms with Crippen molar-refractivity contribution in [1.29, 1.82) is 5.26 Å². The van der Waals surface area contributed by atoms with E-state index in [1.54, 1.807) is 0 Å². The van der Waals surface area contributed by atoms with E-state index in [0.29, 0.717) is 6.42 Å². The van der Waals surface area contributed by atoms with Crippen molar-refractivity contribution in [1.82, 2.24) is 0 Å². The first-order valence-corrected chi connectivity index (χ1v) is 5.80. The molecule has 2 rings (SSSR count). The fraction of sp³-hybridized carbons (Fsp3) is 0.200. The van der Waals surface area contributed by atoms with Gasteiger partial charge in [0.05, 0.1) is 6.07 Å². The number of hydrogen-bond donors (Lipinski definition) is 1. The fourth-order valence-corrected chi connectivity index (χ4v) is 2.04. The largest absolute Gasteiger partial charge is 0.326 e. The molecule has 1 aliphatic rings. The third-order valence-corrected chi connectivity index (χ3v) is 2.99. The quantitative estimate of drug-likeness (QED) is 0.861. The Kier molecular flexibility index (Phi) is 3.29. The smallest absolute Gasteiger partial charge is 0.221 e. The molecule has 0 aliphatic heterocycles. The highest BCUT2D eigenvalue weighted by Crippen LogP contribution is 2.32. The Balaban J connectivity index is 2.29. The first-order chi connectivity index (χ1) is 8.66. The molecule has 0 heterocycles. The molecule has 0 aromatic heterocycles. The molecule has 18 heavy (non-hydrogen) atoms. The van der Waals surface area contributed by atoms with Gasteiger partial charge in [0.25, 0.3) is 0 Å². The average Bonchev–Trinajstić information content (AvgIpc) is 2.39. The molecule has 0 bridgehead atoms. The number of rotatable bonds is 2. The molecule has 0 fully saturated rings. The molecule has 0 radical (unpaired) electrons. The highest BCUT2D eigenvalue weighted by Gasteiger charge is 2.28. The number of anilines is 1. The number of hydrogen-bond acceptors (Lipinski definition) is 2. The summed E-state index contributed by atoms with van der Waals surface area (Å²) in [5.74, 6) is -0.0988. The molecule has 0 saturated heterocycles. The first-order valence-electron chi connectivity index (χ1n) is 5.80. The van der Waals surface area contributed by atoms with E-state index < -0.39 is 5.41 Å². The molecule has 1 atom stereocenters. The van der Waals surface area contributed by atoms with Crippen LogP contribution in [0.5, 0.6) is 0 Å². The van der Waals surface area contributed by atoms with Crippen LogP contribution in [0.2, 0.25) is 0 Å². The third kappa shape index (κ3) is 2.33. The van der Waals surface area contributed by atoms with Crippen LogP contribution in [0.3, 0.4) is 0 Å². The van der Waals surface area contributed by atoms with Crippen LogP contribution < -0.4 is 5.32 Å². The second-order valence-corrected chi connectivity index (χ2v) is 4.33. The fourth-order valence-electron chi connectivity index (χ4n) is 2.04. The summed E-state index contributed by atoms with van der Waals surface area (Å²) in [6, 6.07) is 9.79. The maximum Gasteiger partial charge on any atom is 0.221 e. The maximum absolute atomic E-state index is 10.9. The number of benzene rings is 1. The van der Waals surface area contributed by atoms with E-state index in [2.05, 4.69) is 11.4 Å². The van der Waals surface area contributed by atoms with Crippen LogP contribution in [0, 0.1) is 11.3 Å². The maximum atomic E-state index is 10.9. The SMILES string of the molecule is CC(=O)Nc1ccc(C2(C#N)C=CC=CC2)cc1. The predicted octanol–water partition coefficient (Wildman–Crippen LogP) is 2.92. The average molecular weight is 238 g/mol. The lowest BCUT2D eigenvalue weighted by molar-refractivity contribution is -0.114. The van der Waals surface area contributed by atoms with Crippen molar-refractivity contribution in [3.8, 4) is 6.07 Å². The topological polar surface area (TPSA) is 52.9 Å². The number of carbonyl (C=O) groups excluding carboxylic acids is 1. The van der Waals surface area contributed by atoms with Crippen LogP contribution in [0.15, 0.2) is 48.6 Å². The zero-order valence-corrected chi connectivity index (χ0v) is 10.2. The van der Waals surface area contributed by atoms with Gasteiger partial charge in [-0.15, -0.1) is 0 Å². The van der Waals surface area contributed by atoms with Crippen molar-refractivity contribution < 1.29 is 4.79 Å². The molecular formula is C15H14N2O. The number of amides is 1. The van der Waals surface area contributed by atoms with Gasteiger partial charge in [0.2, 0.25) is 5.91 Å². The van der Waals surface area contributed by atoms with Gasteiger partial charge in [0.1, 0.15) is 5.41 Å². The summed E-state index contributed by atoms with van der Waals surface area (Å²) in [4.78, 5) is 10.9. The van der Waals surface area contributed by atoms with Gasteiger partial charge in [0, 0.05) is 12.6 Å². The molecule has 1 aromatic rings. The van der Waals surface area contributed by atoms with Crippen molar-refractivity contribution in [3.63, 3.8) is 0 Å². The van der Waals surface area contributed by atoms with Crippen molar-refractivity contribution in [2.75, 3.05) is 5.32 Å². The van der Waals surface area contributed by atoms with Gasteiger partial charge in [-0.05, 0) is 24.1 Å². The second-order valence-electron chi connectivity index (χ2n) is 4.33. The Hall–Kier alpha value is -2.34. The summed E-state index contributed by atoms with van der Waals surface area (Å²) in [5, 5.41) is 12.1.